The lowest BCUT2D eigenvalue weighted by Crippen LogP contribution is -2.12. The number of benzene rings is 1. The molecule has 0 radical (unpaired) electrons. The smallest absolute Gasteiger partial charge is 0.324 e. The Morgan fingerprint density at radius 3 is 2.19 bits per heavy atom. The molecule has 1 rings (SSSR count). The van der Waals surface area contributed by atoms with E-state index in [4.69, 9.17) is 17.3 Å². The molecule has 1 aromatic carbocycles. The highest BCUT2D eigenvalue weighted by molar-refractivity contribution is 6.30. The maximum atomic E-state index is 13.2. The van der Waals surface area contributed by atoms with Crippen molar-refractivity contribution >= 4 is 24.0 Å². The van der Waals surface area contributed by atoms with Gasteiger partial charge in [-0.25, -0.2) is 4.39 Å². The maximum absolute atomic E-state index is 13.2. The number of nitrogens with two attached hydrogens (primary N) is 1. The molecule has 0 amide bonds. The first-order valence-electron chi connectivity index (χ1n) is 4.05. The summed E-state index contributed by atoms with van der Waals surface area (Å²) in [7, 11) is 0. The number of rotatable bonds is 1. The summed E-state index contributed by atoms with van der Waals surface area (Å²) in [4.78, 5) is 0. The van der Waals surface area contributed by atoms with Crippen LogP contribution in [0.5, 0.6) is 0 Å². The summed E-state index contributed by atoms with van der Waals surface area (Å²) in [6.45, 7) is 1.38. The first-order chi connectivity index (χ1) is 6.73. The van der Waals surface area contributed by atoms with E-state index in [0.717, 1.165) is 0 Å². The van der Waals surface area contributed by atoms with Crippen molar-refractivity contribution in [2.75, 3.05) is 0 Å². The van der Waals surface area contributed by atoms with Gasteiger partial charge in [0.05, 0.1) is 10.6 Å². The van der Waals surface area contributed by atoms with Gasteiger partial charge in [-0.15, -0.1) is 12.4 Å². The van der Waals surface area contributed by atoms with Crippen LogP contribution >= 0.6 is 24.0 Å². The molecule has 0 bridgehead atoms. The lowest BCUT2D eigenvalue weighted by Gasteiger charge is -2.13. The van der Waals surface area contributed by atoms with E-state index in [-0.39, 0.29) is 18.0 Å². The van der Waals surface area contributed by atoms with Gasteiger partial charge in [0.15, 0.2) is 0 Å². The zero-order chi connectivity index (χ0) is 11.8. The summed E-state index contributed by atoms with van der Waals surface area (Å²) in [6.07, 6.45) is -4.55. The lowest BCUT2D eigenvalue weighted by atomic mass is 10.0. The van der Waals surface area contributed by atoms with Gasteiger partial charge in [0.1, 0.15) is 5.82 Å². The summed E-state index contributed by atoms with van der Waals surface area (Å²) >= 11 is 5.34. The van der Waals surface area contributed by atoms with Gasteiger partial charge in [-0.1, -0.05) is 11.6 Å². The van der Waals surface area contributed by atoms with Crippen LogP contribution in [0.2, 0.25) is 5.02 Å². The van der Waals surface area contributed by atoms with E-state index < -0.39 is 28.6 Å². The second kappa shape index (κ2) is 5.21. The molecule has 1 nitrogen and oxygen atoms in total. The molecule has 1 aromatic rings. The maximum Gasteiger partial charge on any atom is 0.416 e. The van der Waals surface area contributed by atoms with Gasteiger partial charge in [0, 0.05) is 11.6 Å². The van der Waals surface area contributed by atoms with E-state index in [2.05, 4.69) is 0 Å². The number of halogens is 6. The summed E-state index contributed by atoms with van der Waals surface area (Å²) in [5.41, 5.74) is 4.09. The van der Waals surface area contributed by atoms with Crippen molar-refractivity contribution in [2.45, 2.75) is 19.1 Å². The molecule has 0 aliphatic rings. The standard InChI is InChI=1S/C9H8ClF4N.ClH/c1-4(15)6-2-5(9(12,13)14)3-7(10)8(6)11;/h2-4H,15H2,1H3;1H. The Labute approximate surface area is 101 Å². The van der Waals surface area contributed by atoms with E-state index in [9.17, 15) is 17.6 Å². The Morgan fingerprint density at radius 1 is 1.31 bits per heavy atom. The second-order valence-electron chi connectivity index (χ2n) is 3.15. The van der Waals surface area contributed by atoms with Gasteiger partial charge in [-0.3, -0.25) is 0 Å². The molecule has 7 heteroatoms. The Morgan fingerprint density at radius 2 is 1.81 bits per heavy atom. The van der Waals surface area contributed by atoms with Gasteiger partial charge in [-0.05, 0) is 19.1 Å². The average Bonchev–Trinajstić information content (AvgIpc) is 2.06. The van der Waals surface area contributed by atoms with Crippen LogP contribution in [0.4, 0.5) is 17.6 Å². The first kappa shape index (κ1) is 15.5. The predicted octanol–water partition coefficient (Wildman–Crippen LogP) is 3.94. The van der Waals surface area contributed by atoms with Crippen LogP contribution in [0, 0.1) is 5.82 Å². The fourth-order valence-corrected chi connectivity index (χ4v) is 1.33. The molecule has 0 saturated carbocycles. The Bertz CT molecular complexity index is 377. The molecule has 0 heterocycles. The number of hydrogen-bond acceptors (Lipinski definition) is 1. The predicted molar refractivity (Wildman–Crippen MR) is 56.3 cm³/mol. The molecule has 16 heavy (non-hydrogen) atoms. The summed E-state index contributed by atoms with van der Waals surface area (Å²) in [6, 6.07) is 0.374. The Kier molecular flexibility index (Phi) is 5.04. The highest BCUT2D eigenvalue weighted by Crippen LogP contribution is 2.34. The van der Waals surface area contributed by atoms with Crippen LogP contribution in [0.3, 0.4) is 0 Å². The Balaban J connectivity index is 0.00000225. The molecule has 0 aromatic heterocycles. The Hall–Kier alpha value is -0.520. The van der Waals surface area contributed by atoms with E-state index in [1.807, 2.05) is 0 Å². The van der Waals surface area contributed by atoms with Gasteiger partial charge in [0.2, 0.25) is 0 Å². The number of alkyl halides is 3. The fourth-order valence-electron chi connectivity index (χ4n) is 1.11. The monoisotopic (exact) mass is 277 g/mol. The zero-order valence-corrected chi connectivity index (χ0v) is 9.68. The van der Waals surface area contributed by atoms with E-state index >= 15 is 0 Å². The quantitative estimate of drug-likeness (QED) is 0.773. The number of hydrogen-bond donors (Lipinski definition) is 1. The van der Waals surface area contributed by atoms with Crippen molar-refractivity contribution < 1.29 is 17.6 Å². The lowest BCUT2D eigenvalue weighted by molar-refractivity contribution is -0.137. The van der Waals surface area contributed by atoms with Crippen molar-refractivity contribution in [1.29, 1.82) is 0 Å². The van der Waals surface area contributed by atoms with E-state index in [1.165, 1.54) is 6.92 Å². The average molecular weight is 278 g/mol. The minimum atomic E-state index is -4.55. The van der Waals surface area contributed by atoms with Crippen LogP contribution in [-0.2, 0) is 6.18 Å². The van der Waals surface area contributed by atoms with Crippen LogP contribution in [0.25, 0.3) is 0 Å². The van der Waals surface area contributed by atoms with E-state index in [1.54, 1.807) is 0 Å². The van der Waals surface area contributed by atoms with Crippen molar-refractivity contribution in [3.63, 3.8) is 0 Å². The topological polar surface area (TPSA) is 26.0 Å². The molecule has 2 N–H and O–H groups in total. The minimum Gasteiger partial charge on any atom is -0.324 e. The highest BCUT2D eigenvalue weighted by Gasteiger charge is 2.32. The van der Waals surface area contributed by atoms with Crippen molar-refractivity contribution in [1.82, 2.24) is 0 Å². The summed E-state index contributed by atoms with van der Waals surface area (Å²) in [5.74, 6) is -0.903. The minimum absolute atomic E-state index is 0. The SMILES string of the molecule is CC(N)c1cc(C(F)(F)F)cc(Cl)c1F.Cl. The molecule has 1 unspecified atom stereocenters. The summed E-state index contributed by atoms with van der Waals surface area (Å²) in [5, 5.41) is -0.572. The van der Waals surface area contributed by atoms with E-state index in [0.29, 0.717) is 12.1 Å². The summed E-state index contributed by atoms with van der Waals surface area (Å²) < 4.78 is 50.2. The fraction of sp³-hybridized carbons (Fsp3) is 0.333. The van der Waals surface area contributed by atoms with Crippen LogP contribution in [0.1, 0.15) is 24.1 Å². The van der Waals surface area contributed by atoms with Crippen LogP contribution in [-0.4, -0.2) is 0 Å². The van der Waals surface area contributed by atoms with Gasteiger partial charge >= 0.3 is 6.18 Å². The third kappa shape index (κ3) is 3.23. The van der Waals surface area contributed by atoms with Gasteiger partial charge in [0.25, 0.3) is 0 Å². The van der Waals surface area contributed by atoms with Gasteiger partial charge in [-0.2, -0.15) is 13.2 Å². The zero-order valence-electron chi connectivity index (χ0n) is 8.11. The normalized spacial score (nSPS) is 13.2. The van der Waals surface area contributed by atoms with Crippen molar-refractivity contribution in [3.8, 4) is 0 Å². The van der Waals surface area contributed by atoms with Crippen LogP contribution in [0.15, 0.2) is 12.1 Å². The molecule has 0 fully saturated rings. The van der Waals surface area contributed by atoms with Gasteiger partial charge < -0.3 is 5.73 Å². The molecule has 0 saturated heterocycles. The molecule has 0 spiro atoms. The molecular formula is C9H9Cl2F4N. The largest absolute Gasteiger partial charge is 0.416 e. The first-order valence-corrected chi connectivity index (χ1v) is 4.43. The van der Waals surface area contributed by atoms with Crippen LogP contribution < -0.4 is 5.73 Å². The molecular weight excluding hydrogens is 269 g/mol. The molecule has 0 aliphatic heterocycles. The van der Waals surface area contributed by atoms with Crippen molar-refractivity contribution in [2.24, 2.45) is 5.73 Å². The molecule has 1 atom stereocenters. The third-order valence-corrected chi connectivity index (χ3v) is 2.15. The van der Waals surface area contributed by atoms with Crippen molar-refractivity contribution in [3.05, 3.63) is 34.1 Å². The molecule has 92 valence electrons. The second-order valence-corrected chi connectivity index (χ2v) is 3.55. The molecule has 0 aliphatic carbocycles. The highest BCUT2D eigenvalue weighted by atomic mass is 35.5. The third-order valence-electron chi connectivity index (χ3n) is 1.87.